The Morgan fingerprint density at radius 1 is 1.21 bits per heavy atom. The van der Waals surface area contributed by atoms with Crippen molar-refractivity contribution in [1.29, 1.82) is 0 Å². The highest BCUT2D eigenvalue weighted by molar-refractivity contribution is 6.31. The first-order valence-electron chi connectivity index (χ1n) is 9.18. The second kappa shape index (κ2) is 7.51. The SMILES string of the molecule is CCOC(=O)Cn1c2nc(C(C)(C)CC)ccc2c(=O)c2ccc(Cl)c(F)c21. The number of rotatable bonds is 5. The van der Waals surface area contributed by atoms with Gasteiger partial charge >= 0.3 is 5.97 Å². The van der Waals surface area contributed by atoms with Crippen molar-refractivity contribution in [3.63, 3.8) is 0 Å². The Morgan fingerprint density at radius 3 is 2.54 bits per heavy atom. The van der Waals surface area contributed by atoms with Crippen LogP contribution >= 0.6 is 11.6 Å². The molecule has 0 fully saturated rings. The lowest BCUT2D eigenvalue weighted by Gasteiger charge is -2.23. The molecule has 0 aliphatic rings. The Bertz CT molecular complexity index is 1140. The van der Waals surface area contributed by atoms with Crippen LogP contribution in [0.1, 0.15) is 39.8 Å². The number of pyridine rings is 2. The van der Waals surface area contributed by atoms with Crippen LogP contribution < -0.4 is 5.43 Å². The molecule has 0 radical (unpaired) electrons. The number of ether oxygens (including phenoxy) is 1. The monoisotopic (exact) mass is 404 g/mol. The minimum absolute atomic E-state index is 0.0444. The molecule has 148 valence electrons. The molecule has 0 bridgehead atoms. The van der Waals surface area contributed by atoms with Crippen LogP contribution in [-0.4, -0.2) is 22.1 Å². The van der Waals surface area contributed by atoms with Crippen molar-refractivity contribution in [3.05, 3.63) is 51.0 Å². The summed E-state index contributed by atoms with van der Waals surface area (Å²) in [5.74, 6) is -1.31. The fourth-order valence-corrected chi connectivity index (χ4v) is 3.27. The van der Waals surface area contributed by atoms with Crippen LogP contribution in [0.25, 0.3) is 21.9 Å². The smallest absolute Gasteiger partial charge is 0.326 e. The molecule has 0 amide bonds. The maximum Gasteiger partial charge on any atom is 0.326 e. The summed E-state index contributed by atoms with van der Waals surface area (Å²) in [6.07, 6.45) is 0.821. The number of halogens is 2. The van der Waals surface area contributed by atoms with E-state index in [1.54, 1.807) is 19.1 Å². The standard InChI is InChI=1S/C21H22ClFN2O3/c1-5-21(3,4)15-10-8-13-19(27)12-7-9-14(22)17(23)18(12)25(20(13)24-15)11-16(26)28-6-2/h7-10H,5-6,11H2,1-4H3. The number of hydrogen-bond donors (Lipinski definition) is 0. The first kappa shape index (κ1) is 20.3. The quantitative estimate of drug-likeness (QED) is 0.461. The van der Waals surface area contributed by atoms with Gasteiger partial charge < -0.3 is 9.30 Å². The largest absolute Gasteiger partial charge is 0.465 e. The minimum atomic E-state index is -0.760. The van der Waals surface area contributed by atoms with Crippen LogP contribution in [0.2, 0.25) is 5.02 Å². The lowest BCUT2D eigenvalue weighted by atomic mass is 9.86. The van der Waals surface area contributed by atoms with Crippen LogP contribution in [0.15, 0.2) is 29.1 Å². The molecule has 0 saturated carbocycles. The molecule has 0 atom stereocenters. The first-order valence-corrected chi connectivity index (χ1v) is 9.56. The van der Waals surface area contributed by atoms with Gasteiger partial charge in [0.1, 0.15) is 12.2 Å². The average molecular weight is 405 g/mol. The van der Waals surface area contributed by atoms with Gasteiger partial charge in [0.05, 0.1) is 22.5 Å². The summed E-state index contributed by atoms with van der Waals surface area (Å²) in [7, 11) is 0. The van der Waals surface area contributed by atoms with Crippen molar-refractivity contribution in [2.45, 2.75) is 46.1 Å². The fraction of sp³-hybridized carbons (Fsp3) is 0.381. The van der Waals surface area contributed by atoms with E-state index < -0.39 is 11.8 Å². The molecule has 0 N–H and O–H groups in total. The van der Waals surface area contributed by atoms with Crippen molar-refractivity contribution < 1.29 is 13.9 Å². The lowest BCUT2D eigenvalue weighted by Crippen LogP contribution is -2.22. The number of hydrogen-bond acceptors (Lipinski definition) is 4. The van der Waals surface area contributed by atoms with Crippen LogP contribution in [0.5, 0.6) is 0 Å². The van der Waals surface area contributed by atoms with E-state index in [2.05, 4.69) is 4.98 Å². The molecule has 0 unspecified atom stereocenters. The molecular weight excluding hydrogens is 383 g/mol. The maximum atomic E-state index is 14.9. The highest BCUT2D eigenvalue weighted by Crippen LogP contribution is 2.29. The van der Waals surface area contributed by atoms with E-state index in [4.69, 9.17) is 16.3 Å². The third-order valence-corrected chi connectivity index (χ3v) is 5.42. The van der Waals surface area contributed by atoms with Crippen LogP contribution in [-0.2, 0) is 21.5 Å². The van der Waals surface area contributed by atoms with E-state index in [-0.39, 0.29) is 45.6 Å². The van der Waals surface area contributed by atoms with Gasteiger partial charge in [-0.2, -0.15) is 0 Å². The van der Waals surface area contributed by atoms with E-state index >= 15 is 0 Å². The number of carbonyl (C=O) groups is 1. The van der Waals surface area contributed by atoms with Crippen LogP contribution in [0.3, 0.4) is 0 Å². The number of fused-ring (bicyclic) bond motifs is 2. The van der Waals surface area contributed by atoms with Gasteiger partial charge in [0.25, 0.3) is 0 Å². The lowest BCUT2D eigenvalue weighted by molar-refractivity contribution is -0.143. The zero-order valence-electron chi connectivity index (χ0n) is 16.3. The van der Waals surface area contributed by atoms with Gasteiger partial charge in [-0.15, -0.1) is 0 Å². The summed E-state index contributed by atoms with van der Waals surface area (Å²) in [5.41, 5.74) is 0.346. The Labute approximate surface area is 167 Å². The van der Waals surface area contributed by atoms with Crippen molar-refractivity contribution in [2.75, 3.05) is 6.61 Å². The van der Waals surface area contributed by atoms with E-state index in [0.29, 0.717) is 5.39 Å². The molecule has 0 spiro atoms. The van der Waals surface area contributed by atoms with Gasteiger partial charge in [-0.05, 0) is 37.6 Å². The molecule has 2 heterocycles. The number of benzene rings is 1. The molecule has 0 saturated heterocycles. The predicted octanol–water partition coefficient (Wildman–Crippen LogP) is 4.59. The molecule has 2 aromatic heterocycles. The molecule has 0 aliphatic heterocycles. The van der Waals surface area contributed by atoms with E-state index in [0.717, 1.165) is 12.1 Å². The molecule has 1 aromatic carbocycles. The topological polar surface area (TPSA) is 61.2 Å². The Morgan fingerprint density at radius 2 is 1.89 bits per heavy atom. The summed E-state index contributed by atoms with van der Waals surface area (Å²) in [6.45, 7) is 7.72. The first-order chi connectivity index (χ1) is 13.2. The predicted molar refractivity (Wildman–Crippen MR) is 108 cm³/mol. The summed E-state index contributed by atoms with van der Waals surface area (Å²) < 4.78 is 21.4. The summed E-state index contributed by atoms with van der Waals surface area (Å²) >= 11 is 5.96. The molecule has 0 aliphatic carbocycles. The zero-order valence-corrected chi connectivity index (χ0v) is 17.1. The van der Waals surface area contributed by atoms with Gasteiger partial charge in [-0.25, -0.2) is 9.37 Å². The number of aromatic nitrogens is 2. The van der Waals surface area contributed by atoms with Crippen molar-refractivity contribution in [3.8, 4) is 0 Å². The number of nitrogens with zero attached hydrogens (tertiary/aromatic N) is 2. The molecule has 28 heavy (non-hydrogen) atoms. The van der Waals surface area contributed by atoms with Gasteiger partial charge in [0.15, 0.2) is 11.2 Å². The van der Waals surface area contributed by atoms with Crippen LogP contribution in [0.4, 0.5) is 4.39 Å². The van der Waals surface area contributed by atoms with E-state index in [1.807, 2.05) is 20.8 Å². The van der Waals surface area contributed by atoms with Gasteiger partial charge in [0, 0.05) is 16.5 Å². The Kier molecular flexibility index (Phi) is 5.44. The molecule has 3 aromatic rings. The number of carbonyl (C=O) groups excluding carboxylic acids is 1. The molecule has 3 rings (SSSR count). The fourth-order valence-electron chi connectivity index (χ4n) is 3.12. The van der Waals surface area contributed by atoms with Crippen molar-refractivity contribution in [1.82, 2.24) is 9.55 Å². The highest BCUT2D eigenvalue weighted by atomic mass is 35.5. The number of esters is 1. The van der Waals surface area contributed by atoms with Gasteiger partial charge in [-0.3, -0.25) is 9.59 Å². The van der Waals surface area contributed by atoms with E-state index in [9.17, 15) is 14.0 Å². The zero-order chi connectivity index (χ0) is 20.6. The summed E-state index contributed by atoms with van der Waals surface area (Å²) in [5, 5.41) is 0.325. The van der Waals surface area contributed by atoms with Gasteiger partial charge in [-0.1, -0.05) is 32.4 Å². The van der Waals surface area contributed by atoms with Crippen molar-refractivity contribution >= 4 is 39.5 Å². The Hall–Kier alpha value is -2.47. The summed E-state index contributed by atoms with van der Waals surface area (Å²) in [4.78, 5) is 29.8. The average Bonchev–Trinajstić information content (AvgIpc) is 2.67. The van der Waals surface area contributed by atoms with E-state index in [1.165, 1.54) is 16.7 Å². The molecule has 5 nitrogen and oxygen atoms in total. The third kappa shape index (κ3) is 3.37. The maximum absolute atomic E-state index is 14.9. The molecular formula is C21H22ClFN2O3. The van der Waals surface area contributed by atoms with Gasteiger partial charge in [0.2, 0.25) is 0 Å². The normalized spacial score (nSPS) is 11.9. The second-order valence-electron chi connectivity index (χ2n) is 7.28. The summed E-state index contributed by atoms with van der Waals surface area (Å²) in [6, 6.07) is 6.29. The molecule has 7 heteroatoms. The van der Waals surface area contributed by atoms with Crippen molar-refractivity contribution in [2.24, 2.45) is 0 Å². The second-order valence-corrected chi connectivity index (χ2v) is 7.69. The minimum Gasteiger partial charge on any atom is -0.465 e. The third-order valence-electron chi connectivity index (χ3n) is 5.13. The van der Waals surface area contributed by atoms with Crippen LogP contribution in [0, 0.1) is 5.82 Å². The Balaban J connectivity index is 2.46. The highest BCUT2D eigenvalue weighted by Gasteiger charge is 2.24.